The summed E-state index contributed by atoms with van der Waals surface area (Å²) >= 11 is 0. The van der Waals surface area contributed by atoms with E-state index in [0.29, 0.717) is 51.1 Å². The van der Waals surface area contributed by atoms with Gasteiger partial charge in [-0.3, -0.25) is 9.59 Å². The average molecular weight is 691 g/mol. The van der Waals surface area contributed by atoms with Gasteiger partial charge < -0.3 is 23.7 Å². The molecule has 4 aliphatic carbocycles. The van der Waals surface area contributed by atoms with E-state index in [1.54, 1.807) is 0 Å². The Morgan fingerprint density at radius 3 is 1.63 bits per heavy atom. The van der Waals surface area contributed by atoms with Gasteiger partial charge in [0.2, 0.25) is 0 Å². The van der Waals surface area contributed by atoms with Gasteiger partial charge in [-0.2, -0.15) is 0 Å². The van der Waals surface area contributed by atoms with E-state index in [4.69, 9.17) is 23.7 Å². The highest BCUT2D eigenvalue weighted by Gasteiger charge is 2.34. The van der Waals surface area contributed by atoms with Gasteiger partial charge in [0.15, 0.2) is 0 Å². The molecule has 4 rings (SSSR count). The molecule has 4 saturated carbocycles. The van der Waals surface area contributed by atoms with Gasteiger partial charge in [-0.25, -0.2) is 0 Å². The van der Waals surface area contributed by atoms with Crippen LogP contribution in [0.3, 0.4) is 0 Å². The van der Waals surface area contributed by atoms with Crippen LogP contribution >= 0.6 is 0 Å². The predicted octanol–water partition coefficient (Wildman–Crippen LogP) is 10.2. The summed E-state index contributed by atoms with van der Waals surface area (Å²) in [6, 6.07) is 0. The van der Waals surface area contributed by atoms with Crippen LogP contribution in [0.2, 0.25) is 0 Å². The fourth-order valence-electron chi connectivity index (χ4n) is 8.96. The van der Waals surface area contributed by atoms with Gasteiger partial charge in [0.25, 0.3) is 0 Å². The molecule has 284 valence electrons. The van der Waals surface area contributed by atoms with E-state index < -0.39 is 0 Å². The van der Waals surface area contributed by atoms with Crippen LogP contribution < -0.4 is 0 Å². The first-order chi connectivity index (χ1) is 23.9. The van der Waals surface area contributed by atoms with Crippen LogP contribution in [0, 0.1) is 29.6 Å². The molecule has 4 fully saturated rings. The van der Waals surface area contributed by atoms with Crippen LogP contribution in [0.25, 0.3) is 0 Å². The fourth-order valence-corrected chi connectivity index (χ4v) is 8.96. The van der Waals surface area contributed by atoms with Crippen LogP contribution in [-0.2, 0) is 33.3 Å². The smallest absolute Gasteiger partial charge is 0.309 e. The Kier molecular flexibility index (Phi) is 19.4. The monoisotopic (exact) mass is 691 g/mol. The number of esters is 2. The van der Waals surface area contributed by atoms with Crippen molar-refractivity contribution in [1.82, 2.24) is 0 Å². The molecule has 7 heteroatoms. The summed E-state index contributed by atoms with van der Waals surface area (Å²) in [5, 5.41) is 0. The minimum Gasteiger partial charge on any atom is -0.463 e. The first kappa shape index (κ1) is 40.6. The Bertz CT molecular complexity index is 877. The highest BCUT2D eigenvalue weighted by atomic mass is 16.6. The summed E-state index contributed by atoms with van der Waals surface area (Å²) < 4.78 is 29.7. The maximum atomic E-state index is 12.9. The van der Waals surface area contributed by atoms with Crippen molar-refractivity contribution in [2.24, 2.45) is 29.6 Å². The lowest BCUT2D eigenvalue weighted by Gasteiger charge is -2.37. The van der Waals surface area contributed by atoms with E-state index in [1.165, 1.54) is 83.5 Å². The van der Waals surface area contributed by atoms with E-state index in [-0.39, 0.29) is 36.0 Å². The maximum Gasteiger partial charge on any atom is 0.309 e. The maximum absolute atomic E-state index is 12.9. The van der Waals surface area contributed by atoms with Gasteiger partial charge in [0.05, 0.1) is 36.8 Å². The van der Waals surface area contributed by atoms with Gasteiger partial charge in [-0.1, -0.05) is 58.8 Å². The number of hydrogen-bond acceptors (Lipinski definition) is 7. The zero-order valence-corrected chi connectivity index (χ0v) is 31.9. The Labute approximate surface area is 300 Å². The zero-order valence-electron chi connectivity index (χ0n) is 31.9. The fraction of sp³-hybridized carbons (Fsp3) is 0.952. The number of rotatable bonds is 21. The highest BCUT2D eigenvalue weighted by molar-refractivity contribution is 5.75. The first-order valence-corrected chi connectivity index (χ1v) is 21.1. The van der Waals surface area contributed by atoms with Crippen molar-refractivity contribution in [3.05, 3.63) is 0 Å². The van der Waals surface area contributed by atoms with E-state index in [1.807, 2.05) is 0 Å². The van der Waals surface area contributed by atoms with Crippen molar-refractivity contribution < 1.29 is 33.3 Å². The third-order valence-electron chi connectivity index (χ3n) is 12.4. The van der Waals surface area contributed by atoms with Crippen molar-refractivity contribution >= 4 is 11.9 Å². The lowest BCUT2D eigenvalue weighted by molar-refractivity contribution is -0.161. The zero-order chi connectivity index (χ0) is 34.7. The minimum atomic E-state index is -0.145. The molecule has 7 nitrogen and oxygen atoms in total. The quantitative estimate of drug-likeness (QED) is 0.0876. The lowest BCUT2D eigenvalue weighted by Crippen LogP contribution is -2.33. The number of carbonyl (C=O) groups is 2. The number of carbonyl (C=O) groups excluding carboxylic acids is 2. The van der Waals surface area contributed by atoms with Crippen LogP contribution in [0.1, 0.15) is 175 Å². The number of ether oxygens (including phenoxy) is 5. The molecular weight excluding hydrogens is 616 g/mol. The van der Waals surface area contributed by atoms with Crippen LogP contribution in [0.5, 0.6) is 0 Å². The second kappa shape index (κ2) is 23.4. The summed E-state index contributed by atoms with van der Waals surface area (Å²) in [7, 11) is 0. The summed E-state index contributed by atoms with van der Waals surface area (Å²) in [5.41, 5.74) is 0. The van der Waals surface area contributed by atoms with Crippen molar-refractivity contribution in [3.63, 3.8) is 0 Å². The molecular formula is C42H74O7. The molecule has 0 amide bonds. The normalized spacial score (nSPS) is 31.6. The Balaban J connectivity index is 0.931. The van der Waals surface area contributed by atoms with E-state index >= 15 is 0 Å². The standard InChI is InChI=1S/C42H74O7/c1-4-5-8-11-33(3)45-30-31-48-41(43)36-16-18-37(19-17-36)42(44)49-40-26-24-39(25-27-40)47-29-10-7-6-9-28-46-38-22-20-35(21-23-38)34-14-12-32(2)13-15-34/h32-40H,4-31H2,1-3H3. The predicted molar refractivity (Wildman–Crippen MR) is 195 cm³/mol. The second-order valence-electron chi connectivity index (χ2n) is 16.4. The Hall–Kier alpha value is -1.18. The molecule has 4 aliphatic rings. The SMILES string of the molecule is CCCCCC(C)OCCOC(=O)C1CCC(C(=O)OC2CCC(OCCCCCCOC3CCC(C4CCC(C)CC4)CC3)CC2)CC1. The van der Waals surface area contributed by atoms with Gasteiger partial charge >= 0.3 is 11.9 Å². The molecule has 0 heterocycles. The number of unbranched alkanes of at least 4 members (excludes halogenated alkanes) is 5. The third-order valence-corrected chi connectivity index (χ3v) is 12.4. The third kappa shape index (κ3) is 15.5. The van der Waals surface area contributed by atoms with Crippen molar-refractivity contribution in [3.8, 4) is 0 Å². The summed E-state index contributed by atoms with van der Waals surface area (Å²) in [5.74, 6) is 2.49. The molecule has 0 aliphatic heterocycles. The second-order valence-corrected chi connectivity index (χ2v) is 16.4. The molecule has 1 atom stereocenters. The molecule has 0 radical (unpaired) electrons. The highest BCUT2D eigenvalue weighted by Crippen LogP contribution is 2.40. The molecule has 0 aromatic heterocycles. The molecule has 0 bridgehead atoms. The Morgan fingerprint density at radius 1 is 0.551 bits per heavy atom. The van der Waals surface area contributed by atoms with Gasteiger partial charge in [0, 0.05) is 13.2 Å². The number of hydrogen-bond donors (Lipinski definition) is 0. The van der Waals surface area contributed by atoms with Crippen molar-refractivity contribution in [2.75, 3.05) is 26.4 Å². The summed E-state index contributed by atoms with van der Waals surface area (Å²) in [6.45, 7) is 9.21. The molecule has 0 spiro atoms. The van der Waals surface area contributed by atoms with Crippen molar-refractivity contribution in [2.45, 2.75) is 199 Å². The van der Waals surface area contributed by atoms with Gasteiger partial charge in [-0.15, -0.1) is 0 Å². The van der Waals surface area contributed by atoms with E-state index in [9.17, 15) is 9.59 Å². The average Bonchev–Trinajstić information content (AvgIpc) is 3.12. The van der Waals surface area contributed by atoms with Crippen LogP contribution in [-0.4, -0.2) is 62.8 Å². The topological polar surface area (TPSA) is 80.3 Å². The van der Waals surface area contributed by atoms with Crippen molar-refractivity contribution in [1.29, 1.82) is 0 Å². The Morgan fingerprint density at radius 2 is 1.06 bits per heavy atom. The van der Waals surface area contributed by atoms with Crippen LogP contribution in [0.15, 0.2) is 0 Å². The van der Waals surface area contributed by atoms with Gasteiger partial charge in [0.1, 0.15) is 12.7 Å². The molecule has 0 saturated heterocycles. The molecule has 0 aromatic carbocycles. The largest absolute Gasteiger partial charge is 0.463 e. The van der Waals surface area contributed by atoms with E-state index in [2.05, 4.69) is 20.8 Å². The molecule has 0 aromatic rings. The van der Waals surface area contributed by atoms with Crippen LogP contribution in [0.4, 0.5) is 0 Å². The minimum absolute atomic E-state index is 0.00512. The molecule has 0 N–H and O–H groups in total. The molecule has 49 heavy (non-hydrogen) atoms. The summed E-state index contributed by atoms with van der Waals surface area (Å²) in [6.07, 6.45) is 28.1. The van der Waals surface area contributed by atoms with Gasteiger partial charge in [-0.05, 0) is 134 Å². The molecule has 1 unspecified atom stereocenters. The summed E-state index contributed by atoms with van der Waals surface area (Å²) in [4.78, 5) is 25.4. The lowest BCUT2D eigenvalue weighted by atomic mass is 9.71. The first-order valence-electron chi connectivity index (χ1n) is 21.1. The van der Waals surface area contributed by atoms with E-state index in [0.717, 1.165) is 75.9 Å².